The van der Waals surface area contributed by atoms with E-state index in [4.69, 9.17) is 11.6 Å². The molecule has 2 aliphatic rings. The molecule has 3 N–H and O–H groups in total. The van der Waals surface area contributed by atoms with Crippen LogP contribution in [0.15, 0.2) is 24.3 Å². The van der Waals surface area contributed by atoms with Gasteiger partial charge in [-0.25, -0.2) is 0 Å². The van der Waals surface area contributed by atoms with E-state index < -0.39 is 0 Å². The van der Waals surface area contributed by atoms with E-state index >= 15 is 0 Å². The van der Waals surface area contributed by atoms with E-state index in [0.29, 0.717) is 36.7 Å². The predicted octanol–water partition coefficient (Wildman–Crippen LogP) is 0.282. The third kappa shape index (κ3) is 5.84. The number of amides is 2. The van der Waals surface area contributed by atoms with Gasteiger partial charge >= 0.3 is 0 Å². The highest BCUT2D eigenvalue weighted by Gasteiger charge is 2.28. The van der Waals surface area contributed by atoms with Crippen LogP contribution in [0.1, 0.15) is 31.2 Å². The Hall–Kier alpha value is -1.59. The Morgan fingerprint density at radius 1 is 0.957 bits per heavy atom. The largest absolute Gasteiger partial charge is 0.348 e. The average molecular weight is 337 g/mol. The van der Waals surface area contributed by atoms with Crippen LogP contribution in [0.4, 0.5) is 0 Å². The zero-order valence-electron chi connectivity index (χ0n) is 13.1. The SMILES string of the molecule is O=C(C[NH+](CC(=O)NC1CC1)Cc1ccc(Cl)cc1)NC1CC1. The molecule has 0 spiro atoms. The van der Waals surface area contributed by atoms with Gasteiger partial charge in [0, 0.05) is 22.7 Å². The molecule has 0 saturated heterocycles. The Morgan fingerprint density at radius 2 is 1.43 bits per heavy atom. The molecule has 3 rings (SSSR count). The van der Waals surface area contributed by atoms with Crippen molar-refractivity contribution in [3.8, 4) is 0 Å². The average Bonchev–Trinajstić information content (AvgIpc) is 3.38. The van der Waals surface area contributed by atoms with E-state index in [2.05, 4.69) is 10.6 Å². The molecule has 2 fully saturated rings. The highest BCUT2D eigenvalue weighted by Crippen LogP contribution is 2.18. The fourth-order valence-electron chi connectivity index (χ4n) is 2.55. The minimum absolute atomic E-state index is 0.0238. The first-order chi connectivity index (χ1) is 11.1. The number of carbonyl (C=O) groups excluding carboxylic acids is 2. The van der Waals surface area contributed by atoms with E-state index in [1.807, 2.05) is 24.3 Å². The topological polar surface area (TPSA) is 62.6 Å². The molecular formula is C17H23ClN3O2+. The number of hydrogen-bond acceptors (Lipinski definition) is 2. The fraction of sp³-hybridized carbons (Fsp3) is 0.529. The number of halogens is 1. The highest BCUT2D eigenvalue weighted by molar-refractivity contribution is 6.30. The van der Waals surface area contributed by atoms with Gasteiger partial charge in [-0.1, -0.05) is 23.7 Å². The zero-order valence-corrected chi connectivity index (χ0v) is 13.9. The third-order valence-corrected chi connectivity index (χ3v) is 4.33. The second kappa shape index (κ2) is 7.32. The molecule has 1 aromatic rings. The van der Waals surface area contributed by atoms with Gasteiger partial charge in [-0.15, -0.1) is 0 Å². The van der Waals surface area contributed by atoms with Crippen molar-refractivity contribution in [1.82, 2.24) is 10.6 Å². The molecule has 2 amide bonds. The molecule has 0 heterocycles. The highest BCUT2D eigenvalue weighted by atomic mass is 35.5. The van der Waals surface area contributed by atoms with Gasteiger partial charge in [-0.3, -0.25) is 9.59 Å². The molecule has 0 radical (unpaired) electrons. The Kier molecular flexibility index (Phi) is 5.18. The monoisotopic (exact) mass is 336 g/mol. The summed E-state index contributed by atoms with van der Waals surface area (Å²) in [5, 5.41) is 6.67. The Bertz CT molecular complexity index is 540. The van der Waals surface area contributed by atoms with Crippen molar-refractivity contribution in [2.75, 3.05) is 13.1 Å². The number of nitrogens with one attached hydrogen (secondary N) is 3. The van der Waals surface area contributed by atoms with Crippen molar-refractivity contribution < 1.29 is 14.5 Å². The van der Waals surface area contributed by atoms with Gasteiger partial charge < -0.3 is 15.5 Å². The summed E-state index contributed by atoms with van der Waals surface area (Å²) in [7, 11) is 0. The Morgan fingerprint density at radius 3 is 1.87 bits per heavy atom. The molecule has 0 aliphatic heterocycles. The lowest BCUT2D eigenvalue weighted by Gasteiger charge is -2.19. The Balaban J connectivity index is 1.57. The molecule has 2 saturated carbocycles. The van der Waals surface area contributed by atoms with Crippen molar-refractivity contribution in [1.29, 1.82) is 0 Å². The lowest BCUT2D eigenvalue weighted by Crippen LogP contribution is -3.13. The first-order valence-electron chi connectivity index (χ1n) is 8.25. The molecule has 1 aromatic carbocycles. The van der Waals surface area contributed by atoms with E-state index in [1.165, 1.54) is 0 Å². The van der Waals surface area contributed by atoms with Crippen molar-refractivity contribution in [2.24, 2.45) is 0 Å². The van der Waals surface area contributed by atoms with E-state index in [9.17, 15) is 9.59 Å². The summed E-state index contributed by atoms with van der Waals surface area (Å²) in [5.74, 6) is 0.0476. The molecule has 5 nitrogen and oxygen atoms in total. The first-order valence-corrected chi connectivity index (χ1v) is 8.63. The van der Waals surface area contributed by atoms with Crippen molar-refractivity contribution in [3.63, 3.8) is 0 Å². The van der Waals surface area contributed by atoms with Crippen LogP contribution in [-0.4, -0.2) is 37.0 Å². The summed E-state index contributed by atoms with van der Waals surface area (Å²) < 4.78 is 0. The Labute approximate surface area is 141 Å². The summed E-state index contributed by atoms with van der Waals surface area (Å²) >= 11 is 5.91. The first kappa shape index (κ1) is 16.3. The standard InChI is InChI=1S/C17H22ClN3O2/c18-13-3-1-12(2-4-13)9-21(10-16(22)19-14-5-6-14)11-17(23)20-15-7-8-15/h1-4,14-15H,5-11H2,(H,19,22)(H,20,23)/p+1. The van der Waals surface area contributed by atoms with Crippen LogP contribution in [0, 0.1) is 0 Å². The number of rotatable bonds is 8. The molecular weight excluding hydrogens is 314 g/mol. The molecule has 2 aliphatic carbocycles. The molecule has 0 aromatic heterocycles. The summed E-state index contributed by atoms with van der Waals surface area (Å²) in [6, 6.07) is 8.26. The number of carbonyl (C=O) groups is 2. The van der Waals surface area contributed by atoms with Crippen molar-refractivity contribution >= 4 is 23.4 Å². The van der Waals surface area contributed by atoms with Crippen LogP contribution in [0.25, 0.3) is 0 Å². The van der Waals surface area contributed by atoms with Crippen molar-refractivity contribution in [3.05, 3.63) is 34.9 Å². The summed E-state index contributed by atoms with van der Waals surface area (Å²) in [6.07, 6.45) is 4.28. The molecule has 0 atom stereocenters. The third-order valence-electron chi connectivity index (χ3n) is 4.07. The van der Waals surface area contributed by atoms with E-state index in [1.54, 1.807) is 0 Å². The van der Waals surface area contributed by atoms with Crippen LogP contribution < -0.4 is 15.5 Å². The van der Waals surface area contributed by atoms with Gasteiger partial charge in [0.1, 0.15) is 6.54 Å². The maximum atomic E-state index is 12.1. The van der Waals surface area contributed by atoms with Crippen LogP contribution >= 0.6 is 11.6 Å². The molecule has 23 heavy (non-hydrogen) atoms. The van der Waals surface area contributed by atoms with E-state index in [0.717, 1.165) is 36.1 Å². The van der Waals surface area contributed by atoms with Crippen molar-refractivity contribution in [2.45, 2.75) is 44.3 Å². The van der Waals surface area contributed by atoms with Gasteiger partial charge in [-0.2, -0.15) is 0 Å². The summed E-state index contributed by atoms with van der Waals surface area (Å²) in [6.45, 7) is 1.27. The van der Waals surface area contributed by atoms with Gasteiger partial charge in [-0.05, 0) is 37.8 Å². The molecule has 0 bridgehead atoms. The second-order valence-corrected chi connectivity index (χ2v) is 7.03. The molecule has 124 valence electrons. The van der Waals surface area contributed by atoms with E-state index in [-0.39, 0.29) is 11.8 Å². The smallest absolute Gasteiger partial charge is 0.275 e. The lowest BCUT2D eigenvalue weighted by atomic mass is 10.2. The van der Waals surface area contributed by atoms with Crippen LogP contribution in [0.5, 0.6) is 0 Å². The summed E-state index contributed by atoms with van der Waals surface area (Å²) in [5.41, 5.74) is 1.07. The quantitative estimate of drug-likeness (QED) is 0.638. The molecule has 0 unspecified atom stereocenters. The number of benzene rings is 1. The second-order valence-electron chi connectivity index (χ2n) is 6.59. The maximum Gasteiger partial charge on any atom is 0.275 e. The normalized spacial score (nSPS) is 17.1. The number of hydrogen-bond donors (Lipinski definition) is 3. The number of quaternary nitrogens is 1. The summed E-state index contributed by atoms with van der Waals surface area (Å²) in [4.78, 5) is 25.1. The van der Waals surface area contributed by atoms with Gasteiger partial charge in [0.15, 0.2) is 13.1 Å². The minimum atomic E-state index is 0.0238. The lowest BCUT2D eigenvalue weighted by molar-refractivity contribution is -0.897. The van der Waals surface area contributed by atoms with Gasteiger partial charge in [0.05, 0.1) is 0 Å². The maximum absolute atomic E-state index is 12.1. The minimum Gasteiger partial charge on any atom is -0.348 e. The van der Waals surface area contributed by atoms with Crippen LogP contribution in [-0.2, 0) is 16.1 Å². The molecule has 6 heteroatoms. The fourth-order valence-corrected chi connectivity index (χ4v) is 2.67. The van der Waals surface area contributed by atoms with Gasteiger partial charge in [0.2, 0.25) is 0 Å². The van der Waals surface area contributed by atoms with Crippen LogP contribution in [0.3, 0.4) is 0 Å². The zero-order chi connectivity index (χ0) is 16.2. The predicted molar refractivity (Wildman–Crippen MR) is 88.2 cm³/mol. The van der Waals surface area contributed by atoms with Gasteiger partial charge in [0.25, 0.3) is 11.8 Å². The van der Waals surface area contributed by atoms with Crippen LogP contribution in [0.2, 0.25) is 5.02 Å².